The predicted molar refractivity (Wildman–Crippen MR) is 57.0 cm³/mol. The Morgan fingerprint density at radius 2 is 1.50 bits per heavy atom. The first-order valence-electron chi connectivity index (χ1n) is 4.31. The molecule has 0 saturated heterocycles. The molecule has 0 aliphatic rings. The zero-order chi connectivity index (χ0) is 14.4. The number of hydrogen-bond donors (Lipinski definition) is 1. The largest absolute Gasteiger partial charge is 0.448 e. The van der Waals surface area contributed by atoms with Crippen molar-refractivity contribution < 1.29 is 39.3 Å². The van der Waals surface area contributed by atoms with E-state index in [-0.39, 0.29) is 0 Å². The third-order valence-electron chi connectivity index (χ3n) is 1.27. The van der Waals surface area contributed by atoms with Gasteiger partial charge in [0.2, 0.25) is 0 Å². The zero-order valence-corrected chi connectivity index (χ0v) is 10.6. The van der Waals surface area contributed by atoms with E-state index in [0.29, 0.717) is 0 Å². The van der Waals surface area contributed by atoms with Crippen LogP contribution in [-0.2, 0) is 38.5 Å². The lowest BCUT2D eigenvalue weighted by Gasteiger charge is -2.03. The summed E-state index contributed by atoms with van der Waals surface area (Å²) in [6.45, 7) is 3.13. The van der Waals surface area contributed by atoms with Crippen LogP contribution >= 0.6 is 0 Å². The van der Waals surface area contributed by atoms with Gasteiger partial charge >= 0.3 is 32.5 Å². The molecule has 0 bridgehead atoms. The van der Waals surface area contributed by atoms with E-state index >= 15 is 0 Å². The molecule has 0 heterocycles. The lowest BCUT2D eigenvalue weighted by molar-refractivity contribution is -0.140. The number of rotatable bonds is 7. The molecule has 0 spiro atoms. The SMILES string of the molecule is C=CCS(=O)(=O)OC(=O)CCC(=O)OS(=O)(=O)O. The molecule has 104 valence electrons. The summed E-state index contributed by atoms with van der Waals surface area (Å²) in [5.41, 5.74) is 0. The topological polar surface area (TPSA) is 141 Å². The van der Waals surface area contributed by atoms with Crippen LogP contribution in [0.5, 0.6) is 0 Å². The molecule has 0 aliphatic heterocycles. The third-order valence-corrected chi connectivity index (χ3v) is 2.75. The molecular weight excluding hydrogens is 292 g/mol. The maximum Gasteiger partial charge on any atom is 0.448 e. The van der Waals surface area contributed by atoms with Gasteiger partial charge in [-0.3, -0.25) is 14.1 Å². The molecular formula is C7H10O9S2. The van der Waals surface area contributed by atoms with E-state index in [1.807, 2.05) is 0 Å². The summed E-state index contributed by atoms with van der Waals surface area (Å²) in [5.74, 6) is -3.27. The molecule has 0 aliphatic carbocycles. The predicted octanol–water partition coefficient (Wildman–Crippen LogP) is -0.828. The van der Waals surface area contributed by atoms with Gasteiger partial charge in [0, 0.05) is 0 Å². The van der Waals surface area contributed by atoms with Crippen LogP contribution < -0.4 is 0 Å². The highest BCUT2D eigenvalue weighted by molar-refractivity contribution is 7.87. The van der Waals surface area contributed by atoms with Crippen molar-refractivity contribution in [1.82, 2.24) is 0 Å². The van der Waals surface area contributed by atoms with E-state index in [4.69, 9.17) is 4.55 Å². The highest BCUT2D eigenvalue weighted by Crippen LogP contribution is 2.02. The Morgan fingerprint density at radius 1 is 1.06 bits per heavy atom. The smallest absolute Gasteiger partial charge is 0.345 e. The Kier molecular flexibility index (Phi) is 5.94. The van der Waals surface area contributed by atoms with E-state index in [9.17, 15) is 26.4 Å². The van der Waals surface area contributed by atoms with Crippen LogP contribution in [0, 0.1) is 0 Å². The fourth-order valence-electron chi connectivity index (χ4n) is 0.725. The highest BCUT2D eigenvalue weighted by atomic mass is 32.3. The van der Waals surface area contributed by atoms with Gasteiger partial charge in [-0.2, -0.15) is 16.8 Å². The Labute approximate surface area is 103 Å². The van der Waals surface area contributed by atoms with Gasteiger partial charge in [-0.1, -0.05) is 6.08 Å². The van der Waals surface area contributed by atoms with Crippen LogP contribution in [0.2, 0.25) is 0 Å². The minimum atomic E-state index is -4.95. The average molecular weight is 302 g/mol. The molecule has 0 aromatic rings. The van der Waals surface area contributed by atoms with Crippen LogP contribution in [0.3, 0.4) is 0 Å². The molecule has 0 atom stereocenters. The maximum absolute atomic E-state index is 10.9. The summed E-state index contributed by atoms with van der Waals surface area (Å²) >= 11 is 0. The Balaban J connectivity index is 4.21. The van der Waals surface area contributed by atoms with Crippen molar-refractivity contribution in [2.75, 3.05) is 5.75 Å². The van der Waals surface area contributed by atoms with Crippen molar-refractivity contribution in [3.8, 4) is 0 Å². The number of hydrogen-bond acceptors (Lipinski definition) is 8. The van der Waals surface area contributed by atoms with E-state index < -0.39 is 51.1 Å². The van der Waals surface area contributed by atoms with E-state index in [0.717, 1.165) is 6.08 Å². The normalized spacial score (nSPS) is 11.6. The van der Waals surface area contributed by atoms with Crippen LogP contribution in [0.4, 0.5) is 0 Å². The van der Waals surface area contributed by atoms with Gasteiger partial charge in [0.05, 0.1) is 12.8 Å². The van der Waals surface area contributed by atoms with E-state index in [2.05, 4.69) is 14.9 Å². The molecule has 0 saturated carbocycles. The van der Waals surface area contributed by atoms with Crippen molar-refractivity contribution in [1.29, 1.82) is 0 Å². The van der Waals surface area contributed by atoms with Crippen LogP contribution in [-0.4, -0.2) is 39.1 Å². The van der Waals surface area contributed by atoms with Gasteiger partial charge in [-0.05, 0) is 0 Å². The van der Waals surface area contributed by atoms with Gasteiger partial charge in [0.1, 0.15) is 5.75 Å². The van der Waals surface area contributed by atoms with Gasteiger partial charge in [-0.25, -0.2) is 0 Å². The van der Waals surface area contributed by atoms with Crippen molar-refractivity contribution in [2.45, 2.75) is 12.8 Å². The standard InChI is InChI=1S/C7H10O9S2/c1-2-5-17(10,11)15-6(8)3-4-7(9)16-18(12,13)14/h2H,1,3-5H2,(H,12,13,14). The molecule has 0 unspecified atom stereocenters. The molecule has 0 radical (unpaired) electrons. The summed E-state index contributed by atoms with van der Waals surface area (Å²) < 4.78 is 57.7. The second kappa shape index (κ2) is 6.47. The fourth-order valence-corrected chi connectivity index (χ4v) is 1.77. The molecule has 0 amide bonds. The van der Waals surface area contributed by atoms with Gasteiger partial charge < -0.3 is 8.37 Å². The monoisotopic (exact) mass is 302 g/mol. The van der Waals surface area contributed by atoms with Crippen LogP contribution in [0.15, 0.2) is 12.7 Å². The quantitative estimate of drug-likeness (QED) is 0.362. The lowest BCUT2D eigenvalue weighted by Crippen LogP contribution is -2.17. The first-order valence-corrected chi connectivity index (χ1v) is 7.25. The zero-order valence-electron chi connectivity index (χ0n) is 8.94. The Bertz CT molecular complexity index is 527. The molecule has 9 nitrogen and oxygen atoms in total. The summed E-state index contributed by atoms with van der Waals surface area (Å²) in [6, 6.07) is 0. The Morgan fingerprint density at radius 3 is 1.89 bits per heavy atom. The highest BCUT2D eigenvalue weighted by Gasteiger charge is 2.19. The fraction of sp³-hybridized carbons (Fsp3) is 0.429. The average Bonchev–Trinajstić information content (AvgIpc) is 2.10. The van der Waals surface area contributed by atoms with Crippen molar-refractivity contribution >= 4 is 32.5 Å². The van der Waals surface area contributed by atoms with Gasteiger partial charge in [0.25, 0.3) is 0 Å². The molecule has 0 aromatic heterocycles. The first-order chi connectivity index (χ1) is 8.06. The van der Waals surface area contributed by atoms with Crippen molar-refractivity contribution in [2.24, 2.45) is 0 Å². The van der Waals surface area contributed by atoms with Crippen LogP contribution in [0.25, 0.3) is 0 Å². The minimum Gasteiger partial charge on any atom is -0.345 e. The van der Waals surface area contributed by atoms with Gasteiger partial charge in [-0.15, -0.1) is 6.58 Å². The van der Waals surface area contributed by atoms with Gasteiger partial charge in [0.15, 0.2) is 0 Å². The number of carbonyl (C=O) groups excluding carboxylic acids is 2. The lowest BCUT2D eigenvalue weighted by atomic mass is 10.3. The van der Waals surface area contributed by atoms with E-state index in [1.165, 1.54) is 0 Å². The Hall–Kier alpha value is -1.46. The third kappa shape index (κ3) is 8.66. The summed E-state index contributed by atoms with van der Waals surface area (Å²) in [7, 11) is -9.05. The van der Waals surface area contributed by atoms with Crippen molar-refractivity contribution in [3.05, 3.63) is 12.7 Å². The summed E-state index contributed by atoms with van der Waals surface area (Å²) in [4.78, 5) is 21.7. The summed E-state index contributed by atoms with van der Waals surface area (Å²) in [6.07, 6.45) is -0.484. The molecule has 1 N–H and O–H groups in total. The van der Waals surface area contributed by atoms with Crippen molar-refractivity contribution in [3.63, 3.8) is 0 Å². The molecule has 11 heteroatoms. The maximum atomic E-state index is 10.9. The molecule has 0 rings (SSSR count). The second-order valence-corrected chi connectivity index (χ2v) is 5.49. The number of carbonyl (C=O) groups is 2. The first kappa shape index (κ1) is 16.5. The molecule has 0 fully saturated rings. The second-order valence-electron chi connectivity index (χ2n) is 2.85. The minimum absolute atomic E-state index is 0.589. The molecule has 0 aromatic carbocycles. The summed E-state index contributed by atoms with van der Waals surface area (Å²) in [5, 5.41) is 0. The van der Waals surface area contributed by atoms with E-state index in [1.54, 1.807) is 0 Å². The molecule has 18 heavy (non-hydrogen) atoms. The van der Waals surface area contributed by atoms with Crippen LogP contribution in [0.1, 0.15) is 12.8 Å².